The van der Waals surface area contributed by atoms with E-state index in [0.29, 0.717) is 10.8 Å². The van der Waals surface area contributed by atoms with Crippen molar-refractivity contribution in [3.05, 3.63) is 65.7 Å². The van der Waals surface area contributed by atoms with Gasteiger partial charge in [-0.15, -0.1) is 0 Å². The smallest absolute Gasteiger partial charge is 0.255 e. The summed E-state index contributed by atoms with van der Waals surface area (Å²) in [5, 5.41) is 3.28. The van der Waals surface area contributed by atoms with Gasteiger partial charge >= 0.3 is 0 Å². The maximum Gasteiger partial charge on any atom is 0.255 e. The second-order valence-corrected chi connectivity index (χ2v) is 7.87. The molecule has 0 bridgehead atoms. The van der Waals surface area contributed by atoms with Crippen LogP contribution in [0.15, 0.2) is 59.6 Å². The summed E-state index contributed by atoms with van der Waals surface area (Å²) in [6.07, 6.45) is 0. The molecule has 0 saturated heterocycles. The molecule has 0 aromatic heterocycles. The average Bonchev–Trinajstić information content (AvgIpc) is 3.09. The van der Waals surface area contributed by atoms with Crippen molar-refractivity contribution in [3.63, 3.8) is 0 Å². The molecule has 23 heavy (non-hydrogen) atoms. The van der Waals surface area contributed by atoms with E-state index in [1.807, 2.05) is 60.3 Å². The highest BCUT2D eigenvalue weighted by molar-refractivity contribution is 8.39. The van der Waals surface area contributed by atoms with Crippen molar-refractivity contribution in [3.8, 4) is 0 Å². The first-order valence-electron chi connectivity index (χ1n) is 7.52. The predicted octanol–water partition coefficient (Wildman–Crippen LogP) is 4.84. The number of benzene rings is 2. The summed E-state index contributed by atoms with van der Waals surface area (Å²) in [4.78, 5) is 16.7. The normalized spacial score (nSPS) is 15.1. The Labute approximate surface area is 145 Å². The number of hydrogen-bond donors (Lipinski definition) is 1. The summed E-state index contributed by atoms with van der Waals surface area (Å²) in [5.41, 5.74) is 2.68. The SMILES string of the molecule is C[C@@H](SC1=NCCS1)c1cccc(NC(=O)c2ccccc2)c1. The Morgan fingerprint density at radius 3 is 2.78 bits per heavy atom. The number of nitrogens with zero attached hydrogens (tertiary/aromatic N) is 1. The van der Waals surface area contributed by atoms with E-state index in [-0.39, 0.29) is 5.91 Å². The zero-order chi connectivity index (χ0) is 16.1. The minimum atomic E-state index is -0.0845. The van der Waals surface area contributed by atoms with Crippen LogP contribution in [-0.4, -0.2) is 22.6 Å². The first-order chi connectivity index (χ1) is 11.2. The summed E-state index contributed by atoms with van der Waals surface area (Å²) < 4.78 is 1.16. The highest BCUT2D eigenvalue weighted by Gasteiger charge is 2.14. The molecule has 1 atom stereocenters. The second kappa shape index (κ2) is 7.70. The molecule has 2 aromatic rings. The van der Waals surface area contributed by atoms with Gasteiger partial charge in [0.25, 0.3) is 5.91 Å². The summed E-state index contributed by atoms with van der Waals surface area (Å²) in [5.74, 6) is 1.00. The van der Waals surface area contributed by atoms with Gasteiger partial charge in [-0.05, 0) is 36.8 Å². The third-order valence-corrected chi connectivity index (χ3v) is 5.85. The lowest BCUT2D eigenvalue weighted by Crippen LogP contribution is -2.11. The van der Waals surface area contributed by atoms with Crippen LogP contribution in [0.3, 0.4) is 0 Å². The molecular weight excluding hydrogens is 324 g/mol. The van der Waals surface area contributed by atoms with Gasteiger partial charge in [0.05, 0.1) is 6.54 Å². The highest BCUT2D eigenvalue weighted by atomic mass is 32.2. The van der Waals surface area contributed by atoms with E-state index in [9.17, 15) is 4.79 Å². The standard InChI is InChI=1S/C18H18N2OS2/c1-13(23-18-19-10-11-22-18)15-8-5-9-16(12-15)20-17(21)14-6-3-2-4-7-14/h2-9,12-13H,10-11H2,1H3,(H,20,21)/t13-/m1/s1. The molecule has 0 radical (unpaired) electrons. The number of anilines is 1. The van der Waals surface area contributed by atoms with Crippen LogP contribution in [0.25, 0.3) is 0 Å². The van der Waals surface area contributed by atoms with E-state index in [4.69, 9.17) is 0 Å². The second-order valence-electron chi connectivity index (χ2n) is 5.20. The number of aliphatic imine (C=N–C) groups is 1. The molecule has 1 heterocycles. The Morgan fingerprint density at radius 1 is 1.22 bits per heavy atom. The molecule has 0 unspecified atom stereocenters. The summed E-state index contributed by atoms with van der Waals surface area (Å²) in [6.45, 7) is 3.09. The Hall–Kier alpha value is -1.72. The predicted molar refractivity (Wildman–Crippen MR) is 102 cm³/mol. The van der Waals surface area contributed by atoms with Crippen molar-refractivity contribution in [2.24, 2.45) is 4.99 Å². The van der Waals surface area contributed by atoms with Crippen LogP contribution in [0.1, 0.15) is 28.1 Å². The maximum absolute atomic E-state index is 12.2. The van der Waals surface area contributed by atoms with Crippen molar-refractivity contribution in [2.75, 3.05) is 17.6 Å². The molecule has 0 saturated carbocycles. The van der Waals surface area contributed by atoms with Crippen LogP contribution in [-0.2, 0) is 0 Å². The van der Waals surface area contributed by atoms with Crippen LogP contribution >= 0.6 is 23.5 Å². The molecule has 0 spiro atoms. The highest BCUT2D eigenvalue weighted by Crippen LogP contribution is 2.35. The number of hydrogen-bond acceptors (Lipinski definition) is 4. The summed E-state index contributed by atoms with van der Waals surface area (Å²) in [6, 6.07) is 17.3. The number of amides is 1. The number of carbonyl (C=O) groups excluding carboxylic acids is 1. The van der Waals surface area contributed by atoms with E-state index in [1.165, 1.54) is 5.56 Å². The molecule has 3 nitrogen and oxygen atoms in total. The van der Waals surface area contributed by atoms with E-state index in [0.717, 1.165) is 22.4 Å². The van der Waals surface area contributed by atoms with E-state index in [1.54, 1.807) is 11.8 Å². The van der Waals surface area contributed by atoms with E-state index in [2.05, 4.69) is 23.3 Å². The van der Waals surface area contributed by atoms with Crippen molar-refractivity contribution in [2.45, 2.75) is 12.2 Å². The lowest BCUT2D eigenvalue weighted by molar-refractivity contribution is 0.102. The van der Waals surface area contributed by atoms with Gasteiger partial charge in [0.15, 0.2) is 0 Å². The van der Waals surface area contributed by atoms with Crippen LogP contribution in [0.4, 0.5) is 5.69 Å². The lowest BCUT2D eigenvalue weighted by atomic mass is 10.1. The van der Waals surface area contributed by atoms with Crippen LogP contribution in [0.5, 0.6) is 0 Å². The van der Waals surface area contributed by atoms with Crippen molar-refractivity contribution in [1.29, 1.82) is 0 Å². The summed E-state index contributed by atoms with van der Waals surface area (Å²) >= 11 is 3.61. The molecule has 1 amide bonds. The van der Waals surface area contributed by atoms with Crippen molar-refractivity contribution in [1.82, 2.24) is 0 Å². The van der Waals surface area contributed by atoms with Gasteiger partial charge in [0, 0.05) is 22.3 Å². The van der Waals surface area contributed by atoms with Gasteiger partial charge in [-0.1, -0.05) is 53.9 Å². The fourth-order valence-corrected chi connectivity index (χ4v) is 4.51. The molecule has 118 valence electrons. The number of carbonyl (C=O) groups is 1. The van der Waals surface area contributed by atoms with Crippen molar-refractivity contribution < 1.29 is 4.79 Å². The minimum absolute atomic E-state index is 0.0845. The first kappa shape index (κ1) is 16.1. The summed E-state index contributed by atoms with van der Waals surface area (Å²) in [7, 11) is 0. The minimum Gasteiger partial charge on any atom is -0.322 e. The molecule has 5 heteroatoms. The van der Waals surface area contributed by atoms with Gasteiger partial charge in [-0.25, -0.2) is 0 Å². The molecule has 2 aromatic carbocycles. The third kappa shape index (κ3) is 4.39. The Balaban J connectivity index is 1.68. The Kier molecular flexibility index (Phi) is 5.41. The Morgan fingerprint density at radius 2 is 2.04 bits per heavy atom. The molecular formula is C18H18N2OS2. The molecule has 3 rings (SSSR count). The van der Waals surface area contributed by atoms with Crippen molar-refractivity contribution >= 4 is 39.5 Å². The molecule has 1 aliphatic rings. The molecule has 0 fully saturated rings. The van der Waals surface area contributed by atoms with Crippen LogP contribution < -0.4 is 5.32 Å². The van der Waals surface area contributed by atoms with Gasteiger partial charge in [0.2, 0.25) is 0 Å². The topological polar surface area (TPSA) is 41.5 Å². The quantitative estimate of drug-likeness (QED) is 0.865. The Bertz CT molecular complexity index is 716. The average molecular weight is 342 g/mol. The monoisotopic (exact) mass is 342 g/mol. The fraction of sp³-hybridized carbons (Fsp3) is 0.222. The zero-order valence-corrected chi connectivity index (χ0v) is 14.5. The van der Waals surface area contributed by atoms with Crippen LogP contribution in [0, 0.1) is 0 Å². The van der Waals surface area contributed by atoms with Gasteiger partial charge in [-0.2, -0.15) is 0 Å². The van der Waals surface area contributed by atoms with Crippen LogP contribution in [0.2, 0.25) is 0 Å². The number of nitrogens with one attached hydrogen (secondary N) is 1. The number of rotatable bonds is 4. The van der Waals surface area contributed by atoms with E-state index >= 15 is 0 Å². The van der Waals surface area contributed by atoms with Gasteiger partial charge in [0.1, 0.15) is 4.38 Å². The van der Waals surface area contributed by atoms with Gasteiger partial charge < -0.3 is 5.32 Å². The largest absolute Gasteiger partial charge is 0.322 e. The maximum atomic E-state index is 12.2. The fourth-order valence-electron chi connectivity index (χ4n) is 2.27. The molecule has 1 aliphatic heterocycles. The first-order valence-corrected chi connectivity index (χ1v) is 9.39. The zero-order valence-electron chi connectivity index (χ0n) is 12.9. The lowest BCUT2D eigenvalue weighted by Gasteiger charge is -2.13. The van der Waals surface area contributed by atoms with E-state index < -0.39 is 0 Å². The third-order valence-electron chi connectivity index (χ3n) is 3.49. The number of thioether (sulfide) groups is 2. The van der Waals surface area contributed by atoms with Gasteiger partial charge in [-0.3, -0.25) is 9.79 Å². The molecule has 0 aliphatic carbocycles. The molecule has 1 N–H and O–H groups in total.